The molecule has 0 saturated carbocycles. The van der Waals surface area contributed by atoms with E-state index >= 15 is 0 Å². The van der Waals surface area contributed by atoms with Gasteiger partial charge in [-0.3, -0.25) is 19.6 Å². The van der Waals surface area contributed by atoms with Crippen LogP contribution in [0.2, 0.25) is 0 Å². The number of ketones is 1. The average Bonchev–Trinajstić information content (AvgIpc) is 3.10. The van der Waals surface area contributed by atoms with E-state index in [1.54, 1.807) is 31.2 Å². The lowest BCUT2D eigenvalue weighted by atomic mass is 10.0. The molecule has 0 bridgehead atoms. The summed E-state index contributed by atoms with van der Waals surface area (Å²) in [4.78, 5) is 23.0. The van der Waals surface area contributed by atoms with Crippen molar-refractivity contribution in [2.45, 2.75) is 39.0 Å². The van der Waals surface area contributed by atoms with Crippen molar-refractivity contribution in [3.63, 3.8) is 0 Å². The Bertz CT molecular complexity index is 1240. The number of hydrogen-bond donors (Lipinski definition) is 2. The van der Waals surface area contributed by atoms with E-state index in [0.717, 1.165) is 0 Å². The summed E-state index contributed by atoms with van der Waals surface area (Å²) in [6.07, 6.45) is 0.537. The van der Waals surface area contributed by atoms with E-state index in [2.05, 4.69) is 15.2 Å². The van der Waals surface area contributed by atoms with Crippen LogP contribution in [0.25, 0.3) is 11.1 Å². The summed E-state index contributed by atoms with van der Waals surface area (Å²) in [7, 11) is -3.92. The Morgan fingerprint density at radius 1 is 1.06 bits per heavy atom. The second-order valence-electron chi connectivity index (χ2n) is 7.09. The SMILES string of the molecule is CCc1noc(NC(C)=O)c1-c1ccc(C)c(S(=O)(=O)Nc2ccc(C(C)=O)cc2)c1. The number of carbonyl (C=O) groups excluding carboxylic acids is 2. The number of aromatic nitrogens is 1. The van der Waals surface area contributed by atoms with E-state index in [9.17, 15) is 18.0 Å². The molecule has 0 aliphatic heterocycles. The van der Waals surface area contributed by atoms with Gasteiger partial charge < -0.3 is 4.52 Å². The molecule has 31 heavy (non-hydrogen) atoms. The number of sulfonamides is 1. The smallest absolute Gasteiger partial charge is 0.262 e. The van der Waals surface area contributed by atoms with Crippen LogP contribution in [0.4, 0.5) is 11.6 Å². The second-order valence-corrected chi connectivity index (χ2v) is 8.74. The standard InChI is InChI=1S/C22H23N3O5S/c1-5-19-21(22(30-24-19)23-15(4)27)17-7-6-13(2)20(12-17)31(28,29)25-18-10-8-16(9-11-18)14(3)26/h6-12,25H,5H2,1-4H3,(H,23,27). The summed E-state index contributed by atoms with van der Waals surface area (Å²) >= 11 is 0. The highest BCUT2D eigenvalue weighted by Gasteiger charge is 2.22. The number of rotatable bonds is 7. The topological polar surface area (TPSA) is 118 Å². The van der Waals surface area contributed by atoms with Gasteiger partial charge >= 0.3 is 0 Å². The summed E-state index contributed by atoms with van der Waals surface area (Å²) in [5, 5.41) is 6.58. The van der Waals surface area contributed by atoms with Gasteiger partial charge in [-0.05, 0) is 61.7 Å². The van der Waals surface area contributed by atoms with Crippen LogP contribution in [-0.2, 0) is 21.2 Å². The summed E-state index contributed by atoms with van der Waals surface area (Å²) in [5.74, 6) is -0.256. The normalized spacial score (nSPS) is 11.2. The quantitative estimate of drug-likeness (QED) is 0.531. The molecular formula is C22H23N3O5S. The average molecular weight is 442 g/mol. The zero-order valence-electron chi connectivity index (χ0n) is 17.6. The Hall–Kier alpha value is -3.46. The van der Waals surface area contributed by atoms with Crippen LogP contribution < -0.4 is 10.0 Å². The van der Waals surface area contributed by atoms with Gasteiger partial charge in [-0.15, -0.1) is 0 Å². The van der Waals surface area contributed by atoms with Gasteiger partial charge in [0.2, 0.25) is 11.8 Å². The fourth-order valence-electron chi connectivity index (χ4n) is 3.14. The van der Waals surface area contributed by atoms with Crippen LogP contribution >= 0.6 is 0 Å². The third-order valence-corrected chi connectivity index (χ3v) is 6.22. The van der Waals surface area contributed by atoms with Crippen molar-refractivity contribution in [3.05, 3.63) is 59.3 Å². The van der Waals surface area contributed by atoms with Gasteiger partial charge in [-0.2, -0.15) is 0 Å². The maximum Gasteiger partial charge on any atom is 0.262 e. The molecule has 0 radical (unpaired) electrons. The zero-order chi connectivity index (χ0) is 22.8. The van der Waals surface area contributed by atoms with Crippen LogP contribution in [0, 0.1) is 6.92 Å². The fourth-order valence-corrected chi connectivity index (χ4v) is 4.47. The number of nitrogens with one attached hydrogen (secondary N) is 2. The summed E-state index contributed by atoms with van der Waals surface area (Å²) in [6.45, 7) is 6.38. The van der Waals surface area contributed by atoms with E-state index in [4.69, 9.17) is 4.52 Å². The van der Waals surface area contributed by atoms with E-state index in [0.29, 0.717) is 40.1 Å². The Labute approximate surface area is 180 Å². The molecule has 0 aliphatic rings. The van der Waals surface area contributed by atoms with Crippen LogP contribution in [-0.4, -0.2) is 25.3 Å². The third kappa shape index (κ3) is 4.83. The highest BCUT2D eigenvalue weighted by molar-refractivity contribution is 7.92. The maximum atomic E-state index is 13.1. The van der Waals surface area contributed by atoms with Crippen molar-refractivity contribution < 1.29 is 22.5 Å². The number of aryl methyl sites for hydroxylation is 2. The van der Waals surface area contributed by atoms with Crippen LogP contribution in [0.15, 0.2) is 51.9 Å². The molecule has 0 fully saturated rings. The number of hydrogen-bond acceptors (Lipinski definition) is 6. The molecule has 0 aliphatic carbocycles. The first-order valence-corrected chi connectivity index (χ1v) is 11.1. The third-order valence-electron chi connectivity index (χ3n) is 4.70. The van der Waals surface area contributed by atoms with Crippen molar-refractivity contribution in [2.75, 3.05) is 10.0 Å². The van der Waals surface area contributed by atoms with Gasteiger partial charge in [0.25, 0.3) is 10.0 Å². The van der Waals surface area contributed by atoms with Crippen LogP contribution in [0.3, 0.4) is 0 Å². The summed E-state index contributed by atoms with van der Waals surface area (Å²) in [5.41, 5.74) is 3.08. The molecule has 162 valence electrons. The first-order valence-electron chi connectivity index (χ1n) is 9.63. The lowest BCUT2D eigenvalue weighted by molar-refractivity contribution is -0.114. The van der Waals surface area contributed by atoms with Gasteiger partial charge in [0.05, 0.1) is 16.2 Å². The number of anilines is 2. The van der Waals surface area contributed by atoms with Crippen molar-refractivity contribution in [2.24, 2.45) is 0 Å². The Morgan fingerprint density at radius 2 is 1.74 bits per heavy atom. The lowest BCUT2D eigenvalue weighted by Crippen LogP contribution is -2.14. The molecule has 1 heterocycles. The number of nitrogens with zero attached hydrogens (tertiary/aromatic N) is 1. The van der Waals surface area contributed by atoms with E-state index in [1.807, 2.05) is 6.92 Å². The van der Waals surface area contributed by atoms with Gasteiger partial charge in [-0.25, -0.2) is 8.42 Å². The van der Waals surface area contributed by atoms with Crippen LogP contribution in [0.5, 0.6) is 0 Å². The molecule has 3 rings (SSSR count). The predicted molar refractivity (Wildman–Crippen MR) is 118 cm³/mol. The minimum atomic E-state index is -3.92. The van der Waals surface area contributed by atoms with E-state index in [-0.39, 0.29) is 22.5 Å². The molecule has 1 aromatic heterocycles. The maximum absolute atomic E-state index is 13.1. The fraction of sp³-hybridized carbons (Fsp3) is 0.227. The first kappa shape index (κ1) is 22.2. The molecule has 2 aromatic carbocycles. The Balaban J connectivity index is 2.02. The van der Waals surface area contributed by atoms with Crippen molar-refractivity contribution in [3.8, 4) is 11.1 Å². The monoisotopic (exact) mass is 441 g/mol. The highest BCUT2D eigenvalue weighted by Crippen LogP contribution is 2.34. The molecule has 2 N–H and O–H groups in total. The Kier molecular flexibility index (Phi) is 6.26. The number of amides is 1. The number of benzene rings is 2. The first-order chi connectivity index (χ1) is 14.6. The van der Waals surface area contributed by atoms with Crippen LogP contribution in [0.1, 0.15) is 42.4 Å². The van der Waals surface area contributed by atoms with Gasteiger partial charge in [-0.1, -0.05) is 24.2 Å². The Morgan fingerprint density at radius 3 is 2.32 bits per heavy atom. The molecule has 0 saturated heterocycles. The van der Waals surface area contributed by atoms with E-state index < -0.39 is 10.0 Å². The molecule has 1 amide bonds. The molecule has 0 unspecified atom stereocenters. The number of carbonyl (C=O) groups is 2. The molecule has 0 spiro atoms. The minimum Gasteiger partial charge on any atom is -0.337 e. The molecule has 0 atom stereocenters. The zero-order valence-corrected chi connectivity index (χ0v) is 18.5. The molecular weight excluding hydrogens is 418 g/mol. The van der Waals surface area contributed by atoms with Gasteiger partial charge in [0.1, 0.15) is 0 Å². The predicted octanol–water partition coefficient (Wildman–Crippen LogP) is 4.17. The summed E-state index contributed by atoms with van der Waals surface area (Å²) in [6, 6.07) is 11.2. The van der Waals surface area contributed by atoms with Gasteiger partial charge in [0.15, 0.2) is 5.78 Å². The minimum absolute atomic E-state index is 0.0812. The highest BCUT2D eigenvalue weighted by atomic mass is 32.2. The largest absolute Gasteiger partial charge is 0.337 e. The van der Waals surface area contributed by atoms with Crippen molar-refractivity contribution >= 4 is 33.3 Å². The van der Waals surface area contributed by atoms with E-state index in [1.165, 1.54) is 32.0 Å². The van der Waals surface area contributed by atoms with Crippen molar-refractivity contribution in [1.82, 2.24) is 5.16 Å². The van der Waals surface area contributed by atoms with Crippen molar-refractivity contribution in [1.29, 1.82) is 0 Å². The molecule has 8 nitrogen and oxygen atoms in total. The van der Waals surface area contributed by atoms with Gasteiger partial charge in [0, 0.05) is 18.2 Å². The molecule has 3 aromatic rings. The summed E-state index contributed by atoms with van der Waals surface area (Å²) < 4.78 is 34.0. The second kappa shape index (κ2) is 8.73. The number of Topliss-reactive ketones (excluding diaryl/α,β-unsaturated/α-hetero) is 1. The lowest BCUT2D eigenvalue weighted by Gasteiger charge is -2.13. The molecule has 9 heteroatoms.